The van der Waals surface area contributed by atoms with Crippen molar-refractivity contribution < 1.29 is 9.47 Å². The topological polar surface area (TPSA) is 30.5 Å². The fourth-order valence-corrected chi connectivity index (χ4v) is 2.28. The fraction of sp³-hybridized carbons (Fsp3) is 0.500. The first-order valence-corrected chi connectivity index (χ1v) is 6.48. The van der Waals surface area contributed by atoms with Crippen molar-refractivity contribution in [3.63, 3.8) is 0 Å². The molecule has 1 atom stereocenters. The minimum atomic E-state index is -0.260. The second-order valence-electron chi connectivity index (χ2n) is 3.75. The van der Waals surface area contributed by atoms with Crippen LogP contribution in [0.4, 0.5) is 0 Å². The third kappa shape index (κ3) is 4.56. The standard InChI is InChI=1S/C12H17BrClNO2/c1-8(12(16-2)17-3)15-7-9-4-5-10(13)6-11(9)14/h4-6,8,12,15H,7H2,1-3H3. The van der Waals surface area contributed by atoms with Crippen LogP contribution in [0, 0.1) is 0 Å². The molecule has 1 N–H and O–H groups in total. The van der Waals surface area contributed by atoms with Crippen LogP contribution < -0.4 is 5.32 Å². The Hall–Kier alpha value is -0.130. The van der Waals surface area contributed by atoms with Gasteiger partial charge in [-0.3, -0.25) is 0 Å². The van der Waals surface area contributed by atoms with Crippen LogP contribution in [0.3, 0.4) is 0 Å². The molecule has 0 aliphatic heterocycles. The summed E-state index contributed by atoms with van der Waals surface area (Å²) in [5.74, 6) is 0. The maximum atomic E-state index is 6.13. The quantitative estimate of drug-likeness (QED) is 0.816. The van der Waals surface area contributed by atoms with Crippen LogP contribution in [0.2, 0.25) is 5.02 Å². The molecule has 1 aromatic rings. The second kappa shape index (κ2) is 7.34. The van der Waals surface area contributed by atoms with Crippen molar-refractivity contribution in [1.82, 2.24) is 5.32 Å². The maximum absolute atomic E-state index is 6.13. The van der Waals surface area contributed by atoms with Crippen LogP contribution in [0.25, 0.3) is 0 Å². The van der Waals surface area contributed by atoms with Crippen molar-refractivity contribution in [1.29, 1.82) is 0 Å². The van der Waals surface area contributed by atoms with Gasteiger partial charge in [-0.2, -0.15) is 0 Å². The molecule has 17 heavy (non-hydrogen) atoms. The lowest BCUT2D eigenvalue weighted by atomic mass is 10.2. The third-order valence-corrected chi connectivity index (χ3v) is 3.35. The smallest absolute Gasteiger partial charge is 0.171 e. The highest BCUT2D eigenvalue weighted by Crippen LogP contribution is 2.21. The van der Waals surface area contributed by atoms with Gasteiger partial charge in [-0.05, 0) is 24.6 Å². The van der Waals surface area contributed by atoms with Gasteiger partial charge in [0.1, 0.15) is 0 Å². The lowest BCUT2D eigenvalue weighted by molar-refractivity contribution is -0.119. The summed E-state index contributed by atoms with van der Waals surface area (Å²) in [6.45, 7) is 2.68. The fourth-order valence-electron chi connectivity index (χ4n) is 1.54. The third-order valence-electron chi connectivity index (χ3n) is 2.50. The molecule has 0 radical (unpaired) electrons. The van der Waals surface area contributed by atoms with E-state index in [0.29, 0.717) is 6.54 Å². The van der Waals surface area contributed by atoms with Gasteiger partial charge in [0, 0.05) is 30.3 Å². The Morgan fingerprint density at radius 3 is 2.53 bits per heavy atom. The first kappa shape index (κ1) is 14.9. The molecule has 1 aromatic carbocycles. The zero-order chi connectivity index (χ0) is 12.8. The average Bonchev–Trinajstić information content (AvgIpc) is 2.29. The minimum Gasteiger partial charge on any atom is -0.354 e. The molecule has 0 spiro atoms. The van der Waals surface area contributed by atoms with Crippen molar-refractivity contribution in [2.75, 3.05) is 14.2 Å². The SMILES string of the molecule is COC(OC)C(C)NCc1ccc(Br)cc1Cl. The predicted octanol–water partition coefficient (Wildman–Crippen LogP) is 3.20. The molecule has 0 aliphatic rings. The molecule has 0 amide bonds. The number of ether oxygens (including phenoxy) is 2. The van der Waals surface area contributed by atoms with Crippen LogP contribution in [0.1, 0.15) is 12.5 Å². The number of halogens is 2. The number of nitrogens with one attached hydrogen (secondary N) is 1. The molecular formula is C12H17BrClNO2. The van der Waals surface area contributed by atoms with E-state index in [9.17, 15) is 0 Å². The summed E-state index contributed by atoms with van der Waals surface area (Å²) in [7, 11) is 3.25. The number of rotatable bonds is 6. The van der Waals surface area contributed by atoms with Crippen molar-refractivity contribution in [2.24, 2.45) is 0 Å². The second-order valence-corrected chi connectivity index (χ2v) is 5.07. The van der Waals surface area contributed by atoms with Gasteiger partial charge in [0.05, 0.1) is 6.04 Å². The zero-order valence-electron chi connectivity index (χ0n) is 10.2. The molecule has 3 nitrogen and oxygen atoms in total. The van der Waals surface area contributed by atoms with Crippen LogP contribution in [-0.2, 0) is 16.0 Å². The van der Waals surface area contributed by atoms with Gasteiger partial charge in [-0.1, -0.05) is 33.6 Å². The zero-order valence-corrected chi connectivity index (χ0v) is 12.5. The predicted molar refractivity (Wildman–Crippen MR) is 73.3 cm³/mol. The van der Waals surface area contributed by atoms with E-state index >= 15 is 0 Å². The first-order chi connectivity index (χ1) is 8.08. The molecule has 0 aromatic heterocycles. The first-order valence-electron chi connectivity index (χ1n) is 5.31. The summed E-state index contributed by atoms with van der Waals surface area (Å²) >= 11 is 9.50. The van der Waals surface area contributed by atoms with E-state index in [1.54, 1.807) is 14.2 Å². The molecule has 0 saturated heterocycles. The van der Waals surface area contributed by atoms with Crippen molar-refractivity contribution in [3.05, 3.63) is 33.3 Å². The van der Waals surface area contributed by atoms with E-state index in [0.717, 1.165) is 15.1 Å². The molecule has 1 rings (SSSR count). The van der Waals surface area contributed by atoms with Gasteiger partial charge < -0.3 is 14.8 Å². The molecule has 0 saturated carbocycles. The van der Waals surface area contributed by atoms with Gasteiger partial charge in [0.2, 0.25) is 0 Å². The van der Waals surface area contributed by atoms with E-state index in [1.165, 1.54) is 0 Å². The molecular weight excluding hydrogens is 305 g/mol. The van der Waals surface area contributed by atoms with Gasteiger partial charge in [0.15, 0.2) is 6.29 Å². The molecule has 0 fully saturated rings. The maximum Gasteiger partial charge on any atom is 0.171 e. The average molecular weight is 323 g/mol. The van der Waals surface area contributed by atoms with Crippen LogP contribution in [-0.4, -0.2) is 26.6 Å². The van der Waals surface area contributed by atoms with Crippen LogP contribution >= 0.6 is 27.5 Å². The summed E-state index contributed by atoms with van der Waals surface area (Å²) in [5.41, 5.74) is 1.05. The number of methoxy groups -OCH3 is 2. The Labute approximate surface area is 116 Å². The summed E-state index contributed by atoms with van der Waals surface area (Å²) in [4.78, 5) is 0. The Morgan fingerprint density at radius 2 is 2.00 bits per heavy atom. The lowest BCUT2D eigenvalue weighted by Gasteiger charge is -2.22. The van der Waals surface area contributed by atoms with E-state index in [4.69, 9.17) is 21.1 Å². The summed E-state index contributed by atoms with van der Waals surface area (Å²) in [6, 6.07) is 5.93. The van der Waals surface area contributed by atoms with Gasteiger partial charge in [-0.25, -0.2) is 0 Å². The lowest BCUT2D eigenvalue weighted by Crippen LogP contribution is -2.39. The molecule has 96 valence electrons. The normalized spacial score (nSPS) is 13.1. The van der Waals surface area contributed by atoms with E-state index in [2.05, 4.69) is 21.2 Å². The van der Waals surface area contributed by atoms with Gasteiger partial charge in [-0.15, -0.1) is 0 Å². The van der Waals surface area contributed by atoms with E-state index in [-0.39, 0.29) is 12.3 Å². The van der Waals surface area contributed by atoms with Crippen molar-refractivity contribution in [2.45, 2.75) is 25.8 Å². The monoisotopic (exact) mass is 321 g/mol. The Balaban J connectivity index is 2.55. The highest BCUT2D eigenvalue weighted by atomic mass is 79.9. The summed E-state index contributed by atoms with van der Waals surface area (Å²) in [6.07, 6.45) is -0.260. The molecule has 1 unspecified atom stereocenters. The molecule has 0 bridgehead atoms. The number of benzene rings is 1. The minimum absolute atomic E-state index is 0.0877. The van der Waals surface area contributed by atoms with Gasteiger partial charge >= 0.3 is 0 Å². The van der Waals surface area contributed by atoms with Crippen molar-refractivity contribution in [3.8, 4) is 0 Å². The molecule has 0 heterocycles. The Kier molecular flexibility index (Phi) is 6.44. The highest BCUT2D eigenvalue weighted by molar-refractivity contribution is 9.10. The molecule has 5 heteroatoms. The van der Waals surface area contributed by atoms with Crippen molar-refractivity contribution >= 4 is 27.5 Å². The van der Waals surface area contributed by atoms with Crippen LogP contribution in [0.5, 0.6) is 0 Å². The number of hydrogen-bond donors (Lipinski definition) is 1. The summed E-state index contributed by atoms with van der Waals surface area (Å²) < 4.78 is 11.3. The van der Waals surface area contributed by atoms with E-state index < -0.39 is 0 Å². The highest BCUT2D eigenvalue weighted by Gasteiger charge is 2.15. The van der Waals surface area contributed by atoms with E-state index in [1.807, 2.05) is 25.1 Å². The Morgan fingerprint density at radius 1 is 1.35 bits per heavy atom. The van der Waals surface area contributed by atoms with Gasteiger partial charge in [0.25, 0.3) is 0 Å². The largest absolute Gasteiger partial charge is 0.354 e. The summed E-state index contributed by atoms with van der Waals surface area (Å²) in [5, 5.41) is 4.05. The molecule has 0 aliphatic carbocycles. The van der Waals surface area contributed by atoms with Crippen LogP contribution in [0.15, 0.2) is 22.7 Å². The number of hydrogen-bond acceptors (Lipinski definition) is 3. The Bertz CT molecular complexity index is 358.